The summed E-state index contributed by atoms with van der Waals surface area (Å²) in [5.74, 6) is -0.141. The van der Waals surface area contributed by atoms with Crippen molar-refractivity contribution >= 4 is 17.5 Å². The Morgan fingerprint density at radius 1 is 1.12 bits per heavy atom. The first kappa shape index (κ1) is 22.7. The number of carbonyl (C=O) groups is 2. The zero-order valence-corrected chi connectivity index (χ0v) is 19.0. The first-order valence-electron chi connectivity index (χ1n) is 11.4. The van der Waals surface area contributed by atoms with E-state index < -0.39 is 11.7 Å². The number of nitrogens with one attached hydrogen (secondary N) is 2. The first-order chi connectivity index (χ1) is 15.9. The number of aromatic nitrogens is 2. The molecule has 0 radical (unpaired) electrons. The van der Waals surface area contributed by atoms with Crippen molar-refractivity contribution in [2.75, 3.05) is 18.4 Å². The van der Waals surface area contributed by atoms with Gasteiger partial charge in [0.2, 0.25) is 5.91 Å². The summed E-state index contributed by atoms with van der Waals surface area (Å²) in [5, 5.41) is 9.60. The van der Waals surface area contributed by atoms with E-state index in [4.69, 9.17) is 0 Å². The molecule has 1 fully saturated rings. The molecule has 0 unspecified atom stereocenters. The molecule has 4 rings (SSSR count). The van der Waals surface area contributed by atoms with Gasteiger partial charge in [-0.25, -0.2) is 4.39 Å². The van der Waals surface area contributed by atoms with Crippen molar-refractivity contribution in [3.05, 3.63) is 82.9 Å². The summed E-state index contributed by atoms with van der Waals surface area (Å²) in [4.78, 5) is 27.1. The van der Waals surface area contributed by atoms with E-state index in [1.807, 2.05) is 17.0 Å². The van der Waals surface area contributed by atoms with E-state index in [-0.39, 0.29) is 23.2 Å². The number of para-hydroxylation sites is 1. The Morgan fingerprint density at radius 2 is 1.82 bits per heavy atom. The summed E-state index contributed by atoms with van der Waals surface area (Å²) in [6.45, 7) is 5.65. The third-order valence-electron chi connectivity index (χ3n) is 6.24. The summed E-state index contributed by atoms with van der Waals surface area (Å²) >= 11 is 0. The van der Waals surface area contributed by atoms with Crippen LogP contribution in [0.3, 0.4) is 0 Å². The second-order valence-corrected chi connectivity index (χ2v) is 8.87. The summed E-state index contributed by atoms with van der Waals surface area (Å²) in [5.41, 5.74) is 3.51. The number of aromatic amines is 1. The van der Waals surface area contributed by atoms with Crippen LogP contribution in [0.15, 0.2) is 54.6 Å². The van der Waals surface area contributed by atoms with Crippen LogP contribution in [0, 0.1) is 5.82 Å². The van der Waals surface area contributed by atoms with Crippen molar-refractivity contribution in [3.8, 4) is 0 Å². The molecule has 2 heterocycles. The molecule has 33 heavy (non-hydrogen) atoms. The number of hydrogen-bond donors (Lipinski definition) is 2. The fraction of sp³-hybridized carbons (Fsp3) is 0.346. The number of likely N-dealkylation sites (tertiary alicyclic amines) is 1. The average molecular weight is 449 g/mol. The van der Waals surface area contributed by atoms with Crippen molar-refractivity contribution in [2.45, 2.75) is 44.9 Å². The maximum absolute atomic E-state index is 13.8. The standard InChI is InChI=1S/C26H29FN4O2/c1-17(2)19-9-7-18(8-10-19)15-25(32)31-13-11-20(12-14-31)23-16-24(30-29-23)26(33)28-22-6-4-3-5-21(22)27/h3-10,16-17,20H,11-15H2,1-2H3,(H,28,33)(H,29,30). The Morgan fingerprint density at radius 3 is 2.48 bits per heavy atom. The van der Waals surface area contributed by atoms with E-state index in [1.165, 1.54) is 17.7 Å². The molecule has 172 valence electrons. The van der Waals surface area contributed by atoms with Gasteiger partial charge in [0.05, 0.1) is 12.1 Å². The van der Waals surface area contributed by atoms with Crippen molar-refractivity contribution in [1.29, 1.82) is 0 Å². The molecular formula is C26H29FN4O2. The fourth-order valence-corrected chi connectivity index (χ4v) is 4.16. The molecule has 0 spiro atoms. The minimum Gasteiger partial charge on any atom is -0.342 e. The van der Waals surface area contributed by atoms with Gasteiger partial charge in [0.1, 0.15) is 5.82 Å². The monoisotopic (exact) mass is 448 g/mol. The number of H-pyrrole nitrogens is 1. The van der Waals surface area contributed by atoms with E-state index in [0.29, 0.717) is 25.4 Å². The van der Waals surface area contributed by atoms with Gasteiger partial charge in [-0.1, -0.05) is 50.2 Å². The number of amides is 2. The predicted molar refractivity (Wildman–Crippen MR) is 126 cm³/mol. The van der Waals surface area contributed by atoms with Crippen LogP contribution in [0.1, 0.15) is 65.8 Å². The van der Waals surface area contributed by atoms with Crippen molar-refractivity contribution in [3.63, 3.8) is 0 Å². The molecule has 7 heteroatoms. The van der Waals surface area contributed by atoms with Crippen LogP contribution < -0.4 is 5.32 Å². The molecule has 6 nitrogen and oxygen atoms in total. The van der Waals surface area contributed by atoms with Crippen LogP contribution >= 0.6 is 0 Å². The number of benzene rings is 2. The average Bonchev–Trinajstić information content (AvgIpc) is 3.31. The second-order valence-electron chi connectivity index (χ2n) is 8.87. The molecule has 0 atom stereocenters. The van der Waals surface area contributed by atoms with Gasteiger partial charge < -0.3 is 10.2 Å². The molecule has 2 N–H and O–H groups in total. The van der Waals surface area contributed by atoms with E-state index in [1.54, 1.807) is 18.2 Å². The van der Waals surface area contributed by atoms with Crippen LogP contribution in [0.4, 0.5) is 10.1 Å². The van der Waals surface area contributed by atoms with E-state index in [2.05, 4.69) is 41.5 Å². The third-order valence-corrected chi connectivity index (χ3v) is 6.24. The van der Waals surface area contributed by atoms with Crippen molar-refractivity contribution < 1.29 is 14.0 Å². The van der Waals surface area contributed by atoms with Gasteiger partial charge in [0.15, 0.2) is 5.69 Å². The molecule has 0 aliphatic carbocycles. The fourth-order valence-electron chi connectivity index (χ4n) is 4.16. The summed E-state index contributed by atoms with van der Waals surface area (Å²) in [6.07, 6.45) is 2.01. The van der Waals surface area contributed by atoms with Gasteiger partial charge in [-0.2, -0.15) is 5.10 Å². The molecule has 2 amide bonds. The molecule has 1 aliphatic rings. The van der Waals surface area contributed by atoms with Gasteiger partial charge in [-0.15, -0.1) is 0 Å². The molecule has 2 aromatic carbocycles. The van der Waals surface area contributed by atoms with Crippen LogP contribution in [0.5, 0.6) is 0 Å². The number of hydrogen-bond acceptors (Lipinski definition) is 3. The smallest absolute Gasteiger partial charge is 0.276 e. The number of carbonyl (C=O) groups excluding carboxylic acids is 2. The van der Waals surface area contributed by atoms with Crippen molar-refractivity contribution in [2.24, 2.45) is 0 Å². The Bertz CT molecular complexity index is 1120. The highest BCUT2D eigenvalue weighted by atomic mass is 19.1. The van der Waals surface area contributed by atoms with E-state index in [0.717, 1.165) is 24.1 Å². The molecule has 0 bridgehead atoms. The Labute approximate surface area is 193 Å². The van der Waals surface area contributed by atoms with E-state index in [9.17, 15) is 14.0 Å². The van der Waals surface area contributed by atoms with Gasteiger partial charge in [0.25, 0.3) is 5.91 Å². The summed E-state index contributed by atoms with van der Waals surface area (Å²) in [7, 11) is 0. The molecule has 1 aliphatic heterocycles. The molecule has 1 aromatic heterocycles. The second kappa shape index (κ2) is 9.98. The Hall–Kier alpha value is -3.48. The molecule has 0 saturated carbocycles. The van der Waals surface area contributed by atoms with Gasteiger partial charge in [-0.3, -0.25) is 14.7 Å². The number of halogens is 1. The molecule has 3 aromatic rings. The van der Waals surface area contributed by atoms with Crippen LogP contribution in [-0.2, 0) is 11.2 Å². The van der Waals surface area contributed by atoms with Crippen LogP contribution in [-0.4, -0.2) is 40.0 Å². The normalized spacial score (nSPS) is 14.5. The maximum Gasteiger partial charge on any atom is 0.276 e. The first-order valence-corrected chi connectivity index (χ1v) is 11.4. The minimum atomic E-state index is -0.491. The van der Waals surface area contributed by atoms with Gasteiger partial charge >= 0.3 is 0 Å². The number of anilines is 1. The number of nitrogens with zero attached hydrogens (tertiary/aromatic N) is 2. The quantitative estimate of drug-likeness (QED) is 0.565. The highest BCUT2D eigenvalue weighted by Gasteiger charge is 2.26. The van der Waals surface area contributed by atoms with Gasteiger partial charge in [0, 0.05) is 24.7 Å². The summed E-state index contributed by atoms with van der Waals surface area (Å²) in [6, 6.07) is 16.0. The predicted octanol–water partition coefficient (Wildman–Crippen LogP) is 4.87. The third kappa shape index (κ3) is 5.48. The number of piperidine rings is 1. The largest absolute Gasteiger partial charge is 0.342 e. The Kier molecular flexibility index (Phi) is 6.87. The van der Waals surface area contributed by atoms with E-state index >= 15 is 0 Å². The molecule has 1 saturated heterocycles. The Balaban J connectivity index is 1.30. The van der Waals surface area contributed by atoms with Crippen LogP contribution in [0.25, 0.3) is 0 Å². The zero-order valence-electron chi connectivity index (χ0n) is 19.0. The minimum absolute atomic E-state index is 0.123. The lowest BCUT2D eigenvalue weighted by Crippen LogP contribution is -2.38. The molecular weight excluding hydrogens is 419 g/mol. The summed E-state index contributed by atoms with van der Waals surface area (Å²) < 4.78 is 13.8. The SMILES string of the molecule is CC(C)c1ccc(CC(=O)N2CCC(c3cc(C(=O)Nc4ccccc4F)n[nH]3)CC2)cc1. The lowest BCUT2D eigenvalue weighted by molar-refractivity contribution is -0.131. The maximum atomic E-state index is 13.8. The van der Waals surface area contributed by atoms with Crippen LogP contribution in [0.2, 0.25) is 0 Å². The zero-order chi connectivity index (χ0) is 23.4. The topological polar surface area (TPSA) is 78.1 Å². The number of rotatable bonds is 6. The highest BCUT2D eigenvalue weighted by molar-refractivity contribution is 6.03. The van der Waals surface area contributed by atoms with Crippen molar-refractivity contribution in [1.82, 2.24) is 15.1 Å². The van der Waals surface area contributed by atoms with Gasteiger partial charge in [-0.05, 0) is 48.1 Å². The lowest BCUT2D eigenvalue weighted by atomic mass is 9.93. The lowest BCUT2D eigenvalue weighted by Gasteiger charge is -2.31. The highest BCUT2D eigenvalue weighted by Crippen LogP contribution is 2.28.